The highest BCUT2D eigenvalue weighted by atomic mass is 16.6. The number of fused-ring (bicyclic) bond motifs is 3. The number of allylic oxidation sites excluding steroid dienone is 2. The Hall–Kier alpha value is -1.34. The number of ketones is 2. The molecule has 3 saturated carbocycles. The van der Waals surface area contributed by atoms with E-state index in [9.17, 15) is 9.59 Å². The standard InChI is InChI=1S/C24H32O6/c1-21-9-8-15(25)10-14(21)6-7-16-17-11-19(28-4)24(29-5,18(26)13-27-3)22(17,2)12-20-23(16,21)30-20/h8-10,16-17,19-20H,6-7,11-13H2,1-5H3/t16?,17?,19?,20?,21-,22-,23?,24?/m0/s1. The van der Waals surface area contributed by atoms with Gasteiger partial charge < -0.3 is 18.9 Å². The lowest BCUT2D eigenvalue weighted by Crippen LogP contribution is -2.64. The monoisotopic (exact) mass is 416 g/mol. The van der Waals surface area contributed by atoms with Gasteiger partial charge in [-0.3, -0.25) is 9.59 Å². The van der Waals surface area contributed by atoms with E-state index < -0.39 is 11.0 Å². The lowest BCUT2D eigenvalue weighted by molar-refractivity contribution is -0.187. The van der Waals surface area contributed by atoms with Crippen molar-refractivity contribution in [2.24, 2.45) is 22.7 Å². The van der Waals surface area contributed by atoms with Gasteiger partial charge in [-0.25, -0.2) is 0 Å². The van der Waals surface area contributed by atoms with Crippen molar-refractivity contribution >= 4 is 11.6 Å². The average Bonchev–Trinajstić information content (AvgIpc) is 3.36. The van der Waals surface area contributed by atoms with Crippen LogP contribution >= 0.6 is 0 Å². The molecular formula is C24H32O6. The molecule has 0 N–H and O–H groups in total. The summed E-state index contributed by atoms with van der Waals surface area (Å²) in [5, 5.41) is 0. The Morgan fingerprint density at radius 1 is 1.23 bits per heavy atom. The van der Waals surface area contributed by atoms with Crippen molar-refractivity contribution < 1.29 is 28.5 Å². The summed E-state index contributed by atoms with van der Waals surface area (Å²) >= 11 is 0. The summed E-state index contributed by atoms with van der Waals surface area (Å²) in [6, 6.07) is 0. The van der Waals surface area contributed by atoms with E-state index in [1.165, 1.54) is 5.57 Å². The molecule has 1 aliphatic heterocycles. The summed E-state index contributed by atoms with van der Waals surface area (Å²) in [4.78, 5) is 25.4. The smallest absolute Gasteiger partial charge is 0.193 e. The number of carbonyl (C=O) groups is 2. The van der Waals surface area contributed by atoms with Gasteiger partial charge in [0.25, 0.3) is 0 Å². The maximum Gasteiger partial charge on any atom is 0.193 e. The molecule has 6 heteroatoms. The fraction of sp³-hybridized carbons (Fsp3) is 0.750. The van der Waals surface area contributed by atoms with Crippen molar-refractivity contribution in [3.05, 3.63) is 23.8 Å². The lowest BCUT2D eigenvalue weighted by atomic mass is 9.46. The highest BCUT2D eigenvalue weighted by Crippen LogP contribution is 2.76. The van der Waals surface area contributed by atoms with Crippen LogP contribution < -0.4 is 0 Å². The molecule has 0 aromatic carbocycles. The molecule has 0 aromatic heterocycles. The second kappa shape index (κ2) is 6.35. The van der Waals surface area contributed by atoms with Crippen molar-refractivity contribution in [1.82, 2.24) is 0 Å². The molecule has 164 valence electrons. The number of ether oxygens (including phenoxy) is 4. The van der Waals surface area contributed by atoms with Gasteiger partial charge in [0.2, 0.25) is 0 Å². The van der Waals surface area contributed by atoms with E-state index in [0.717, 1.165) is 25.7 Å². The fourth-order valence-corrected chi connectivity index (χ4v) is 8.10. The van der Waals surface area contributed by atoms with Crippen LogP contribution in [0.4, 0.5) is 0 Å². The summed E-state index contributed by atoms with van der Waals surface area (Å²) < 4.78 is 23.8. The Bertz CT molecular complexity index is 862. The van der Waals surface area contributed by atoms with Crippen LogP contribution in [0.15, 0.2) is 23.8 Å². The molecule has 6 nitrogen and oxygen atoms in total. The first-order valence-corrected chi connectivity index (χ1v) is 11.0. The summed E-state index contributed by atoms with van der Waals surface area (Å²) in [6.07, 6.45) is 8.63. The van der Waals surface area contributed by atoms with Gasteiger partial charge in [-0.2, -0.15) is 0 Å². The average molecular weight is 417 g/mol. The third-order valence-electron chi connectivity index (χ3n) is 9.39. The minimum absolute atomic E-state index is 0.00674. The third kappa shape index (κ3) is 2.09. The van der Waals surface area contributed by atoms with Gasteiger partial charge in [0.15, 0.2) is 17.2 Å². The quantitative estimate of drug-likeness (QED) is 0.642. The predicted molar refractivity (Wildman–Crippen MR) is 109 cm³/mol. The van der Waals surface area contributed by atoms with Crippen LogP contribution in [0.2, 0.25) is 0 Å². The van der Waals surface area contributed by atoms with Crippen molar-refractivity contribution in [2.45, 2.75) is 62.9 Å². The Kier molecular flexibility index (Phi) is 4.35. The van der Waals surface area contributed by atoms with Gasteiger partial charge in [-0.1, -0.05) is 18.6 Å². The van der Waals surface area contributed by atoms with Crippen molar-refractivity contribution in [1.29, 1.82) is 0 Å². The second-order valence-electron chi connectivity index (χ2n) is 10.1. The molecule has 1 heterocycles. The van der Waals surface area contributed by atoms with Gasteiger partial charge in [0.1, 0.15) is 12.2 Å². The Balaban J connectivity index is 1.60. The summed E-state index contributed by atoms with van der Waals surface area (Å²) in [6.45, 7) is 4.42. The molecule has 0 amide bonds. The maximum absolute atomic E-state index is 13.4. The van der Waals surface area contributed by atoms with Gasteiger partial charge >= 0.3 is 0 Å². The molecular weight excluding hydrogens is 384 g/mol. The molecule has 6 unspecified atom stereocenters. The number of hydrogen-bond acceptors (Lipinski definition) is 6. The lowest BCUT2D eigenvalue weighted by Gasteiger charge is -2.56. The zero-order chi connectivity index (χ0) is 21.5. The van der Waals surface area contributed by atoms with Gasteiger partial charge in [-0.15, -0.1) is 0 Å². The normalized spacial score (nSPS) is 50.8. The van der Waals surface area contributed by atoms with Crippen LogP contribution in [0.25, 0.3) is 0 Å². The molecule has 1 saturated heterocycles. The molecule has 4 aliphatic carbocycles. The van der Waals surface area contributed by atoms with Crippen LogP contribution in [0.1, 0.15) is 39.5 Å². The topological polar surface area (TPSA) is 74.4 Å². The number of rotatable bonds is 5. The van der Waals surface area contributed by atoms with Crippen LogP contribution in [0, 0.1) is 22.7 Å². The molecule has 4 fully saturated rings. The Morgan fingerprint density at radius 3 is 2.67 bits per heavy atom. The minimum atomic E-state index is -1.05. The van der Waals surface area contributed by atoms with E-state index in [-0.39, 0.29) is 53.2 Å². The molecule has 5 aliphatic rings. The molecule has 1 spiro atoms. The van der Waals surface area contributed by atoms with E-state index in [0.29, 0.717) is 0 Å². The van der Waals surface area contributed by atoms with Crippen molar-refractivity contribution in [2.75, 3.05) is 27.9 Å². The molecule has 0 bridgehead atoms. The molecule has 8 atom stereocenters. The Labute approximate surface area is 178 Å². The van der Waals surface area contributed by atoms with Gasteiger partial charge in [-0.05, 0) is 56.6 Å². The van der Waals surface area contributed by atoms with Crippen molar-refractivity contribution in [3.8, 4) is 0 Å². The summed E-state index contributed by atoms with van der Waals surface area (Å²) in [7, 11) is 4.84. The largest absolute Gasteiger partial charge is 0.378 e. The summed E-state index contributed by atoms with van der Waals surface area (Å²) in [5.74, 6) is 0.528. The first kappa shape index (κ1) is 20.6. The fourth-order valence-electron chi connectivity index (χ4n) is 8.10. The summed E-state index contributed by atoms with van der Waals surface area (Å²) in [5.41, 5.74) is -0.833. The zero-order valence-corrected chi connectivity index (χ0v) is 18.5. The number of hydrogen-bond donors (Lipinski definition) is 0. The Morgan fingerprint density at radius 2 is 2.00 bits per heavy atom. The van der Waals surface area contributed by atoms with Crippen LogP contribution in [0.3, 0.4) is 0 Å². The molecule has 0 radical (unpaired) electrons. The van der Waals surface area contributed by atoms with E-state index in [1.54, 1.807) is 27.4 Å². The number of carbonyl (C=O) groups excluding carboxylic acids is 2. The maximum atomic E-state index is 13.4. The SMILES string of the molecule is COCC(=O)C1(OC)C(OC)CC2C3CCC4=CC(=O)C=C[C@]4(C)C34OC4C[C@@]21C. The first-order valence-electron chi connectivity index (χ1n) is 11.0. The van der Waals surface area contributed by atoms with Crippen LogP contribution in [0.5, 0.6) is 0 Å². The first-order chi connectivity index (χ1) is 14.2. The number of methoxy groups -OCH3 is 3. The third-order valence-corrected chi connectivity index (χ3v) is 9.39. The number of Topliss-reactive ketones (excluding diaryl/α,β-unsaturated/α-hetero) is 1. The predicted octanol–water partition coefficient (Wildman–Crippen LogP) is 2.65. The second-order valence-corrected chi connectivity index (χ2v) is 10.1. The van der Waals surface area contributed by atoms with E-state index in [2.05, 4.69) is 19.9 Å². The van der Waals surface area contributed by atoms with Gasteiger partial charge in [0, 0.05) is 32.2 Å². The highest BCUT2D eigenvalue weighted by molar-refractivity contribution is 6.01. The van der Waals surface area contributed by atoms with E-state index >= 15 is 0 Å². The van der Waals surface area contributed by atoms with Gasteiger partial charge in [0.05, 0.1) is 12.2 Å². The van der Waals surface area contributed by atoms with Crippen molar-refractivity contribution in [3.63, 3.8) is 0 Å². The van der Waals surface area contributed by atoms with E-state index in [1.807, 2.05) is 6.08 Å². The zero-order valence-electron chi connectivity index (χ0n) is 18.5. The molecule has 0 aromatic rings. The van der Waals surface area contributed by atoms with Crippen LogP contribution in [-0.4, -0.2) is 62.9 Å². The number of epoxide rings is 1. The minimum Gasteiger partial charge on any atom is -0.378 e. The van der Waals surface area contributed by atoms with E-state index in [4.69, 9.17) is 18.9 Å². The molecule has 5 rings (SSSR count). The van der Waals surface area contributed by atoms with Crippen LogP contribution in [-0.2, 0) is 28.5 Å². The molecule has 30 heavy (non-hydrogen) atoms. The highest BCUT2D eigenvalue weighted by Gasteiger charge is 2.82.